The summed E-state index contributed by atoms with van der Waals surface area (Å²) >= 11 is 0. The van der Waals surface area contributed by atoms with E-state index in [4.69, 9.17) is 0 Å². The smallest absolute Gasteiger partial charge is 0.270 e. The van der Waals surface area contributed by atoms with Gasteiger partial charge in [-0.2, -0.15) is 0 Å². The van der Waals surface area contributed by atoms with E-state index in [1.165, 1.54) is 12.1 Å². The summed E-state index contributed by atoms with van der Waals surface area (Å²) in [6.07, 6.45) is 1.76. The maximum Gasteiger partial charge on any atom is 0.270 e. The van der Waals surface area contributed by atoms with Crippen molar-refractivity contribution in [1.82, 2.24) is 15.3 Å². The van der Waals surface area contributed by atoms with Crippen LogP contribution in [0.4, 0.5) is 20.4 Å². The minimum Gasteiger partial charge on any atom is -0.324 e. The van der Waals surface area contributed by atoms with Crippen LogP contribution in [0.2, 0.25) is 0 Å². The molecule has 0 fully saturated rings. The van der Waals surface area contributed by atoms with Gasteiger partial charge in [-0.1, -0.05) is 0 Å². The molecular weight excluding hydrogens is 274 g/mol. The summed E-state index contributed by atoms with van der Waals surface area (Å²) in [7, 11) is 0. The zero-order chi connectivity index (χ0) is 15.0. The number of nitrogens with zero attached hydrogens (tertiary/aromatic N) is 2. The van der Waals surface area contributed by atoms with E-state index in [2.05, 4.69) is 20.6 Å². The fourth-order valence-electron chi connectivity index (χ4n) is 2.36. The Morgan fingerprint density at radius 2 is 2.05 bits per heavy atom. The van der Waals surface area contributed by atoms with Gasteiger partial charge in [0.05, 0.1) is 5.69 Å². The Hall–Kier alpha value is -2.08. The van der Waals surface area contributed by atoms with Crippen molar-refractivity contribution in [2.75, 3.05) is 5.32 Å². The van der Waals surface area contributed by atoms with E-state index in [0.29, 0.717) is 18.2 Å². The number of aryl methyl sites for hydroxylation is 1. The topological polar surface area (TPSA) is 49.8 Å². The van der Waals surface area contributed by atoms with Crippen molar-refractivity contribution in [3.8, 4) is 0 Å². The lowest BCUT2D eigenvalue weighted by Gasteiger charge is -2.14. The van der Waals surface area contributed by atoms with Crippen LogP contribution in [0.3, 0.4) is 0 Å². The van der Waals surface area contributed by atoms with Gasteiger partial charge in [-0.15, -0.1) is 0 Å². The molecule has 0 radical (unpaired) electrons. The first-order valence-electron chi connectivity index (χ1n) is 6.74. The molecule has 0 spiro atoms. The number of fused-ring (bicyclic) bond motifs is 1. The summed E-state index contributed by atoms with van der Waals surface area (Å²) in [4.78, 5) is 8.62. The van der Waals surface area contributed by atoms with Gasteiger partial charge in [-0.05, 0) is 30.7 Å². The van der Waals surface area contributed by atoms with Crippen LogP contribution in [0, 0.1) is 6.92 Å². The van der Waals surface area contributed by atoms with Gasteiger partial charge in [0.2, 0.25) is 5.95 Å². The molecule has 0 saturated carbocycles. The standard InChI is InChI=1S/C15H16F2N4/c1-9-3-11(15(2,16)17)5-12(4-9)20-14-19-7-10-6-18-8-13(10)21-14/h3-5,7,18H,6,8H2,1-2H3,(H,19,20,21). The minimum atomic E-state index is -2.87. The second-order valence-electron chi connectivity index (χ2n) is 5.37. The van der Waals surface area contributed by atoms with Crippen molar-refractivity contribution in [2.45, 2.75) is 32.9 Å². The van der Waals surface area contributed by atoms with E-state index in [0.717, 1.165) is 30.3 Å². The van der Waals surface area contributed by atoms with E-state index in [1.807, 2.05) is 0 Å². The lowest BCUT2D eigenvalue weighted by atomic mass is 10.1. The van der Waals surface area contributed by atoms with E-state index >= 15 is 0 Å². The van der Waals surface area contributed by atoms with Crippen LogP contribution in [-0.2, 0) is 19.0 Å². The Bertz CT molecular complexity index is 680. The second-order valence-corrected chi connectivity index (χ2v) is 5.37. The Balaban J connectivity index is 1.89. The first kappa shape index (κ1) is 13.9. The van der Waals surface area contributed by atoms with Crippen molar-refractivity contribution in [2.24, 2.45) is 0 Å². The maximum atomic E-state index is 13.5. The number of benzene rings is 1. The molecule has 0 unspecified atom stereocenters. The monoisotopic (exact) mass is 290 g/mol. The van der Waals surface area contributed by atoms with Crippen molar-refractivity contribution < 1.29 is 8.78 Å². The third kappa shape index (κ3) is 3.00. The summed E-state index contributed by atoms with van der Waals surface area (Å²) in [5.41, 5.74) is 3.33. The molecule has 2 N–H and O–H groups in total. The van der Waals surface area contributed by atoms with Crippen LogP contribution in [0.15, 0.2) is 24.4 Å². The Morgan fingerprint density at radius 3 is 2.81 bits per heavy atom. The molecule has 3 rings (SSSR count). The number of hydrogen-bond donors (Lipinski definition) is 2. The summed E-state index contributed by atoms with van der Waals surface area (Å²) in [5, 5.41) is 6.19. The largest absolute Gasteiger partial charge is 0.324 e. The molecule has 21 heavy (non-hydrogen) atoms. The second kappa shape index (κ2) is 5.04. The van der Waals surface area contributed by atoms with Crippen LogP contribution in [0.1, 0.15) is 29.3 Å². The molecule has 1 aliphatic heterocycles. The van der Waals surface area contributed by atoms with Crippen LogP contribution in [0.5, 0.6) is 0 Å². The van der Waals surface area contributed by atoms with Crippen molar-refractivity contribution in [3.63, 3.8) is 0 Å². The number of halogens is 2. The average Bonchev–Trinajstić information content (AvgIpc) is 2.84. The molecule has 0 saturated heterocycles. The molecule has 1 aromatic heterocycles. The molecule has 2 aromatic rings. The molecule has 0 bridgehead atoms. The molecule has 0 amide bonds. The summed E-state index contributed by atoms with van der Waals surface area (Å²) < 4.78 is 26.9. The normalized spacial score (nSPS) is 14.1. The molecule has 0 atom stereocenters. The van der Waals surface area contributed by atoms with E-state index in [1.54, 1.807) is 19.2 Å². The fraction of sp³-hybridized carbons (Fsp3) is 0.333. The molecule has 4 nitrogen and oxygen atoms in total. The first-order valence-corrected chi connectivity index (χ1v) is 6.74. The highest BCUT2D eigenvalue weighted by Gasteiger charge is 2.25. The zero-order valence-electron chi connectivity index (χ0n) is 11.9. The number of anilines is 2. The highest BCUT2D eigenvalue weighted by molar-refractivity contribution is 5.57. The minimum absolute atomic E-state index is 0.0205. The highest BCUT2D eigenvalue weighted by atomic mass is 19.3. The Kier molecular flexibility index (Phi) is 3.33. The number of nitrogens with one attached hydrogen (secondary N) is 2. The van der Waals surface area contributed by atoms with Crippen LogP contribution < -0.4 is 10.6 Å². The summed E-state index contributed by atoms with van der Waals surface area (Å²) in [6.45, 7) is 4.15. The number of aromatic nitrogens is 2. The molecule has 110 valence electrons. The van der Waals surface area contributed by atoms with Gasteiger partial charge in [0.1, 0.15) is 0 Å². The zero-order valence-corrected chi connectivity index (χ0v) is 11.9. The van der Waals surface area contributed by atoms with Gasteiger partial charge in [0.25, 0.3) is 5.92 Å². The molecular formula is C15H16F2N4. The van der Waals surface area contributed by atoms with Crippen molar-refractivity contribution in [1.29, 1.82) is 0 Å². The van der Waals surface area contributed by atoms with Crippen molar-refractivity contribution in [3.05, 3.63) is 46.8 Å². The van der Waals surface area contributed by atoms with Crippen LogP contribution >= 0.6 is 0 Å². The first-order chi connectivity index (χ1) is 9.91. The van der Waals surface area contributed by atoms with Gasteiger partial charge in [0.15, 0.2) is 0 Å². The number of rotatable bonds is 3. The molecule has 6 heteroatoms. The van der Waals surface area contributed by atoms with Gasteiger partial charge in [0, 0.05) is 43.0 Å². The third-order valence-electron chi connectivity index (χ3n) is 3.40. The van der Waals surface area contributed by atoms with E-state index in [-0.39, 0.29) is 5.56 Å². The van der Waals surface area contributed by atoms with E-state index < -0.39 is 5.92 Å². The van der Waals surface area contributed by atoms with Gasteiger partial charge < -0.3 is 10.6 Å². The Labute approximate surface area is 121 Å². The summed E-state index contributed by atoms with van der Waals surface area (Å²) in [6, 6.07) is 4.71. The van der Waals surface area contributed by atoms with Gasteiger partial charge >= 0.3 is 0 Å². The summed E-state index contributed by atoms with van der Waals surface area (Å²) in [5.74, 6) is -2.45. The molecule has 0 aliphatic carbocycles. The van der Waals surface area contributed by atoms with Crippen LogP contribution in [-0.4, -0.2) is 9.97 Å². The quantitative estimate of drug-likeness (QED) is 0.911. The molecule has 1 aliphatic rings. The number of alkyl halides is 2. The van der Waals surface area contributed by atoms with Crippen LogP contribution in [0.25, 0.3) is 0 Å². The fourth-order valence-corrected chi connectivity index (χ4v) is 2.36. The Morgan fingerprint density at radius 1 is 1.24 bits per heavy atom. The van der Waals surface area contributed by atoms with E-state index in [9.17, 15) is 8.78 Å². The maximum absolute atomic E-state index is 13.5. The van der Waals surface area contributed by atoms with Gasteiger partial charge in [-0.25, -0.2) is 18.7 Å². The SMILES string of the molecule is Cc1cc(Nc2ncc3c(n2)CNC3)cc(C(C)(F)F)c1. The lowest BCUT2D eigenvalue weighted by Crippen LogP contribution is -2.08. The van der Waals surface area contributed by atoms with Crippen molar-refractivity contribution >= 4 is 11.6 Å². The predicted molar refractivity (Wildman–Crippen MR) is 76.6 cm³/mol. The molecule has 1 aromatic carbocycles. The predicted octanol–water partition coefficient (Wildman–Crippen LogP) is 3.24. The van der Waals surface area contributed by atoms with Gasteiger partial charge in [-0.3, -0.25) is 0 Å². The number of hydrogen-bond acceptors (Lipinski definition) is 4. The third-order valence-corrected chi connectivity index (χ3v) is 3.40. The average molecular weight is 290 g/mol. The highest BCUT2D eigenvalue weighted by Crippen LogP contribution is 2.30. The molecule has 2 heterocycles. The lowest BCUT2D eigenvalue weighted by molar-refractivity contribution is 0.0174.